The maximum Gasteiger partial charge on any atom is 0.330 e. The molecule has 0 bridgehead atoms. The van der Waals surface area contributed by atoms with Crippen LogP contribution in [-0.2, 0) is 16.0 Å². The van der Waals surface area contributed by atoms with E-state index in [1.54, 1.807) is 6.07 Å². The molecule has 26 heavy (non-hydrogen) atoms. The highest BCUT2D eigenvalue weighted by atomic mass is 16.5. The van der Waals surface area contributed by atoms with Crippen molar-refractivity contribution in [2.75, 3.05) is 25.1 Å². The normalized spacial score (nSPS) is 12.1. The van der Waals surface area contributed by atoms with Crippen molar-refractivity contribution in [1.82, 2.24) is 0 Å². The Kier molecular flexibility index (Phi) is 7.21. The molecule has 0 saturated heterocycles. The summed E-state index contributed by atoms with van der Waals surface area (Å²) < 4.78 is 4.86. The van der Waals surface area contributed by atoms with Crippen LogP contribution in [0.25, 0.3) is 0 Å². The summed E-state index contributed by atoms with van der Waals surface area (Å²) in [6.07, 6.45) is 1.98. The van der Waals surface area contributed by atoms with Crippen LogP contribution in [-0.4, -0.2) is 43.5 Å². The lowest BCUT2D eigenvalue weighted by Crippen LogP contribution is -2.23. The Hall–Kier alpha value is -2.82. The molecule has 0 spiro atoms. The molecule has 0 aromatic heterocycles. The van der Waals surface area contributed by atoms with Crippen LogP contribution in [0.3, 0.4) is 0 Å². The number of nitrogens with zero attached hydrogens (tertiary/aromatic N) is 2. The molecule has 0 heterocycles. The van der Waals surface area contributed by atoms with Gasteiger partial charge in [-0.15, -0.1) is 0 Å². The van der Waals surface area contributed by atoms with E-state index in [0.717, 1.165) is 24.3 Å². The third kappa shape index (κ3) is 5.09. The average molecular weight is 354 g/mol. The quantitative estimate of drug-likeness (QED) is 0.583. The van der Waals surface area contributed by atoms with Crippen molar-refractivity contribution in [3.05, 3.63) is 59.7 Å². The van der Waals surface area contributed by atoms with Gasteiger partial charge in [-0.3, -0.25) is 4.99 Å². The number of methoxy groups -OCH3 is 1. The van der Waals surface area contributed by atoms with Gasteiger partial charge in [0.25, 0.3) is 0 Å². The number of carbonyl (C=O) groups excluding carboxylic acids is 1. The summed E-state index contributed by atoms with van der Waals surface area (Å²) in [6.45, 7) is 5.87. The minimum atomic E-state index is -0.649. The summed E-state index contributed by atoms with van der Waals surface area (Å²) >= 11 is 0. The van der Waals surface area contributed by atoms with Crippen molar-refractivity contribution < 1.29 is 14.6 Å². The van der Waals surface area contributed by atoms with E-state index in [-0.39, 0.29) is 5.75 Å². The number of aromatic hydroxyl groups is 1. The fourth-order valence-electron chi connectivity index (χ4n) is 2.77. The number of aliphatic imine (C=N–C) groups is 1. The second-order valence-electron chi connectivity index (χ2n) is 5.92. The first-order valence-electron chi connectivity index (χ1n) is 8.81. The number of carbonyl (C=O) groups is 1. The molecule has 2 aromatic carbocycles. The largest absolute Gasteiger partial charge is 0.507 e. The number of hydrogen-bond acceptors (Lipinski definition) is 5. The molecule has 0 aliphatic heterocycles. The molecule has 2 rings (SSSR count). The predicted molar refractivity (Wildman–Crippen MR) is 105 cm³/mol. The van der Waals surface area contributed by atoms with Gasteiger partial charge in [0.1, 0.15) is 5.75 Å². The zero-order chi connectivity index (χ0) is 18.9. The predicted octanol–water partition coefficient (Wildman–Crippen LogP) is 3.44. The Labute approximate surface area is 154 Å². The van der Waals surface area contributed by atoms with Crippen LogP contribution >= 0.6 is 0 Å². The molecular weight excluding hydrogens is 328 g/mol. The van der Waals surface area contributed by atoms with Gasteiger partial charge in [-0.05, 0) is 31.5 Å². The molecule has 5 heteroatoms. The highest BCUT2D eigenvalue weighted by molar-refractivity contribution is 5.87. The van der Waals surface area contributed by atoms with Crippen LogP contribution in [0, 0.1) is 0 Å². The molecule has 2 aromatic rings. The summed E-state index contributed by atoms with van der Waals surface area (Å²) in [5.41, 5.74) is 2.53. The zero-order valence-electron chi connectivity index (χ0n) is 15.6. The maximum atomic E-state index is 12.0. The molecule has 0 aliphatic carbocycles. The molecule has 1 N–H and O–H groups in total. The highest BCUT2D eigenvalue weighted by Gasteiger charge is 2.18. The fourth-order valence-corrected chi connectivity index (χ4v) is 2.77. The fraction of sp³-hybridized carbons (Fsp3) is 0.333. The third-order valence-corrected chi connectivity index (χ3v) is 4.28. The average Bonchev–Trinajstić information content (AvgIpc) is 2.67. The lowest BCUT2D eigenvalue weighted by Gasteiger charge is -2.21. The maximum absolute atomic E-state index is 12.0. The monoisotopic (exact) mass is 354 g/mol. The van der Waals surface area contributed by atoms with Gasteiger partial charge in [0.2, 0.25) is 0 Å². The van der Waals surface area contributed by atoms with E-state index in [2.05, 4.69) is 23.7 Å². The van der Waals surface area contributed by atoms with E-state index < -0.39 is 12.0 Å². The Bertz CT molecular complexity index is 740. The summed E-state index contributed by atoms with van der Waals surface area (Å²) in [5, 5.41) is 10.3. The second kappa shape index (κ2) is 9.61. The Morgan fingerprint density at radius 2 is 1.88 bits per heavy atom. The summed E-state index contributed by atoms with van der Waals surface area (Å²) in [4.78, 5) is 18.5. The zero-order valence-corrected chi connectivity index (χ0v) is 15.6. The van der Waals surface area contributed by atoms with Crippen LogP contribution in [0.5, 0.6) is 5.75 Å². The number of rotatable bonds is 8. The van der Waals surface area contributed by atoms with Gasteiger partial charge in [0.15, 0.2) is 6.04 Å². The molecule has 0 aliphatic rings. The smallest absolute Gasteiger partial charge is 0.330 e. The first-order valence-corrected chi connectivity index (χ1v) is 8.81. The van der Waals surface area contributed by atoms with Crippen molar-refractivity contribution in [3.63, 3.8) is 0 Å². The first-order chi connectivity index (χ1) is 12.6. The van der Waals surface area contributed by atoms with Gasteiger partial charge in [0.05, 0.1) is 7.11 Å². The van der Waals surface area contributed by atoms with Crippen molar-refractivity contribution in [2.24, 2.45) is 4.99 Å². The first kappa shape index (κ1) is 19.5. The molecule has 138 valence electrons. The molecule has 0 unspecified atom stereocenters. The van der Waals surface area contributed by atoms with Crippen molar-refractivity contribution in [3.8, 4) is 5.75 Å². The standard InChI is InChI=1S/C21H26N2O3/c1-4-23(5-2)18-12-11-17(20(24)14-18)15-22-19(21(25)26-3)13-16-9-7-6-8-10-16/h6-12,14-15,19,24H,4-5,13H2,1-3H3/t19-/m0/s1. The van der Waals surface area contributed by atoms with E-state index in [1.807, 2.05) is 42.5 Å². The number of anilines is 1. The number of hydrogen-bond donors (Lipinski definition) is 1. The van der Waals surface area contributed by atoms with Crippen LogP contribution < -0.4 is 4.90 Å². The van der Waals surface area contributed by atoms with Crippen LogP contribution in [0.4, 0.5) is 5.69 Å². The van der Waals surface area contributed by atoms with E-state index in [0.29, 0.717) is 12.0 Å². The summed E-state index contributed by atoms with van der Waals surface area (Å²) in [5.74, 6) is -0.258. The van der Waals surface area contributed by atoms with Crippen LogP contribution in [0.2, 0.25) is 0 Å². The molecule has 0 saturated carbocycles. The highest BCUT2D eigenvalue weighted by Crippen LogP contribution is 2.23. The number of phenolic OH excluding ortho intramolecular Hbond substituents is 1. The second-order valence-corrected chi connectivity index (χ2v) is 5.92. The molecular formula is C21H26N2O3. The van der Waals surface area contributed by atoms with Crippen molar-refractivity contribution in [1.29, 1.82) is 0 Å². The summed E-state index contributed by atoms with van der Waals surface area (Å²) in [6, 6.07) is 14.5. The van der Waals surface area contributed by atoms with Crippen molar-refractivity contribution in [2.45, 2.75) is 26.3 Å². The minimum Gasteiger partial charge on any atom is -0.507 e. The van der Waals surface area contributed by atoms with E-state index >= 15 is 0 Å². The van der Waals surface area contributed by atoms with E-state index in [9.17, 15) is 9.90 Å². The van der Waals surface area contributed by atoms with Crippen LogP contribution in [0.15, 0.2) is 53.5 Å². The Balaban J connectivity index is 2.19. The molecule has 0 fully saturated rings. The molecule has 1 atom stereocenters. The Morgan fingerprint density at radius 1 is 1.19 bits per heavy atom. The SMILES string of the molecule is CCN(CC)c1ccc(C=N[C@@H](Cc2ccccc2)C(=O)OC)c(O)c1. The number of ether oxygens (including phenoxy) is 1. The molecule has 0 amide bonds. The number of esters is 1. The van der Waals surface area contributed by atoms with E-state index in [4.69, 9.17) is 4.74 Å². The Morgan fingerprint density at radius 3 is 2.46 bits per heavy atom. The summed E-state index contributed by atoms with van der Waals surface area (Å²) in [7, 11) is 1.35. The van der Waals surface area contributed by atoms with E-state index in [1.165, 1.54) is 13.3 Å². The van der Waals surface area contributed by atoms with Crippen LogP contribution in [0.1, 0.15) is 25.0 Å². The lowest BCUT2D eigenvalue weighted by molar-refractivity contribution is -0.142. The molecule has 5 nitrogen and oxygen atoms in total. The topological polar surface area (TPSA) is 62.1 Å². The van der Waals surface area contributed by atoms with Gasteiger partial charge in [-0.2, -0.15) is 0 Å². The number of benzene rings is 2. The minimum absolute atomic E-state index is 0.140. The van der Waals surface area contributed by atoms with Gasteiger partial charge in [-0.1, -0.05) is 30.3 Å². The number of phenols is 1. The van der Waals surface area contributed by atoms with Gasteiger partial charge in [-0.25, -0.2) is 4.79 Å². The van der Waals surface area contributed by atoms with Gasteiger partial charge < -0.3 is 14.7 Å². The third-order valence-electron chi connectivity index (χ3n) is 4.28. The van der Waals surface area contributed by atoms with Gasteiger partial charge in [0, 0.05) is 43.0 Å². The van der Waals surface area contributed by atoms with Crippen molar-refractivity contribution >= 4 is 17.9 Å². The lowest BCUT2D eigenvalue weighted by atomic mass is 10.1. The van der Waals surface area contributed by atoms with Gasteiger partial charge >= 0.3 is 5.97 Å². The molecule has 0 radical (unpaired) electrons.